The van der Waals surface area contributed by atoms with Crippen molar-refractivity contribution in [1.82, 2.24) is 10.6 Å². The van der Waals surface area contributed by atoms with Gasteiger partial charge in [-0.2, -0.15) is 0 Å². The van der Waals surface area contributed by atoms with Crippen molar-refractivity contribution in [3.8, 4) is 0 Å². The molecular weight excluding hydrogens is 224 g/mol. The van der Waals surface area contributed by atoms with Crippen LogP contribution in [-0.4, -0.2) is 37.5 Å². The molecule has 0 bridgehead atoms. The van der Waals surface area contributed by atoms with Gasteiger partial charge in [0, 0.05) is 13.0 Å². The second-order valence-corrected chi connectivity index (χ2v) is 4.46. The van der Waals surface area contributed by atoms with Gasteiger partial charge in [-0.1, -0.05) is 13.8 Å². The zero-order chi connectivity index (χ0) is 13.0. The number of carbonyl (C=O) groups is 3. The van der Waals surface area contributed by atoms with Crippen LogP contribution < -0.4 is 10.6 Å². The lowest BCUT2D eigenvalue weighted by atomic mass is 10.0. The summed E-state index contributed by atoms with van der Waals surface area (Å²) in [6.07, 6.45) is 0.178. The van der Waals surface area contributed by atoms with Gasteiger partial charge in [-0.3, -0.25) is 9.59 Å². The monoisotopic (exact) mass is 242 g/mol. The second kappa shape index (κ2) is 5.65. The molecule has 1 aliphatic rings. The van der Waals surface area contributed by atoms with Gasteiger partial charge in [-0.05, 0) is 5.92 Å². The average Bonchev–Trinajstić information content (AvgIpc) is 2.71. The molecule has 1 heterocycles. The number of rotatable bonds is 4. The quantitative estimate of drug-likeness (QED) is 0.647. The molecule has 0 aromatic carbocycles. The van der Waals surface area contributed by atoms with Crippen molar-refractivity contribution in [1.29, 1.82) is 0 Å². The molecule has 0 radical (unpaired) electrons. The van der Waals surface area contributed by atoms with E-state index in [0.29, 0.717) is 6.54 Å². The Morgan fingerprint density at radius 3 is 2.53 bits per heavy atom. The highest BCUT2D eigenvalue weighted by Gasteiger charge is 2.32. The maximum atomic E-state index is 11.8. The highest BCUT2D eigenvalue weighted by atomic mass is 16.5. The van der Waals surface area contributed by atoms with Gasteiger partial charge in [-0.15, -0.1) is 0 Å². The number of amides is 2. The molecule has 6 heteroatoms. The van der Waals surface area contributed by atoms with Crippen LogP contribution in [0.5, 0.6) is 0 Å². The van der Waals surface area contributed by atoms with E-state index < -0.39 is 17.9 Å². The molecule has 0 spiro atoms. The molecule has 1 saturated heterocycles. The molecule has 6 nitrogen and oxygen atoms in total. The average molecular weight is 242 g/mol. The number of ether oxygens (including phenoxy) is 1. The highest BCUT2D eigenvalue weighted by molar-refractivity contribution is 5.91. The SMILES string of the molecule is COC(=O)[C@@H](NC(=O)C1CNC(=O)C1)C(C)C. The van der Waals surface area contributed by atoms with Crippen molar-refractivity contribution >= 4 is 17.8 Å². The summed E-state index contributed by atoms with van der Waals surface area (Å²) in [6, 6.07) is -0.664. The zero-order valence-electron chi connectivity index (χ0n) is 10.3. The standard InChI is InChI=1S/C11H18N2O4/c1-6(2)9(11(16)17-3)13-10(15)7-4-8(14)12-5-7/h6-7,9H,4-5H2,1-3H3,(H,12,14)(H,13,15)/t7?,9-/m0/s1. The number of nitrogens with one attached hydrogen (secondary N) is 2. The molecule has 1 fully saturated rings. The number of esters is 1. The summed E-state index contributed by atoms with van der Waals surface area (Å²) in [6.45, 7) is 3.97. The van der Waals surface area contributed by atoms with E-state index in [0.717, 1.165) is 0 Å². The molecule has 0 aromatic heterocycles. The maximum Gasteiger partial charge on any atom is 0.328 e. The Morgan fingerprint density at radius 1 is 1.47 bits per heavy atom. The number of hydrogen-bond acceptors (Lipinski definition) is 4. The smallest absolute Gasteiger partial charge is 0.328 e. The molecule has 0 aromatic rings. The third-order valence-electron chi connectivity index (χ3n) is 2.77. The van der Waals surface area contributed by atoms with E-state index in [1.54, 1.807) is 0 Å². The summed E-state index contributed by atoms with van der Waals surface area (Å²) in [5.74, 6) is -1.34. The normalized spacial score (nSPS) is 20.9. The first-order valence-electron chi connectivity index (χ1n) is 5.60. The van der Waals surface area contributed by atoms with Crippen molar-refractivity contribution < 1.29 is 19.1 Å². The van der Waals surface area contributed by atoms with Crippen molar-refractivity contribution in [2.24, 2.45) is 11.8 Å². The first kappa shape index (κ1) is 13.5. The van der Waals surface area contributed by atoms with Crippen LogP contribution in [0.15, 0.2) is 0 Å². The minimum absolute atomic E-state index is 0.0588. The Balaban J connectivity index is 2.58. The Kier molecular flexibility index (Phi) is 4.48. The number of carbonyl (C=O) groups excluding carboxylic acids is 3. The third kappa shape index (κ3) is 3.44. The molecule has 2 amide bonds. The third-order valence-corrected chi connectivity index (χ3v) is 2.77. The fraction of sp³-hybridized carbons (Fsp3) is 0.727. The summed E-state index contributed by atoms with van der Waals surface area (Å²) >= 11 is 0. The van der Waals surface area contributed by atoms with Crippen molar-refractivity contribution in [2.45, 2.75) is 26.3 Å². The van der Waals surface area contributed by atoms with E-state index >= 15 is 0 Å². The largest absolute Gasteiger partial charge is 0.467 e. The lowest BCUT2D eigenvalue weighted by Gasteiger charge is -2.21. The van der Waals surface area contributed by atoms with Gasteiger partial charge < -0.3 is 15.4 Å². The Morgan fingerprint density at radius 2 is 2.12 bits per heavy atom. The summed E-state index contributed by atoms with van der Waals surface area (Å²) in [4.78, 5) is 34.2. The Bertz CT molecular complexity index is 327. The van der Waals surface area contributed by atoms with E-state index in [1.807, 2.05) is 13.8 Å². The molecular formula is C11H18N2O4. The van der Waals surface area contributed by atoms with Gasteiger partial charge in [-0.25, -0.2) is 4.79 Å². The van der Waals surface area contributed by atoms with Crippen molar-refractivity contribution in [2.75, 3.05) is 13.7 Å². The zero-order valence-corrected chi connectivity index (χ0v) is 10.3. The minimum atomic E-state index is -0.664. The van der Waals surface area contributed by atoms with Gasteiger partial charge in [0.1, 0.15) is 6.04 Å². The molecule has 17 heavy (non-hydrogen) atoms. The first-order chi connectivity index (χ1) is 7.95. The van der Waals surface area contributed by atoms with Crippen LogP contribution in [0.4, 0.5) is 0 Å². The predicted octanol–water partition coefficient (Wildman–Crippen LogP) is -0.564. The topological polar surface area (TPSA) is 84.5 Å². The minimum Gasteiger partial charge on any atom is -0.467 e. The van der Waals surface area contributed by atoms with Crippen LogP contribution in [0.1, 0.15) is 20.3 Å². The lowest BCUT2D eigenvalue weighted by Crippen LogP contribution is -2.47. The van der Waals surface area contributed by atoms with E-state index in [4.69, 9.17) is 0 Å². The van der Waals surface area contributed by atoms with E-state index in [-0.39, 0.29) is 24.2 Å². The molecule has 96 valence electrons. The Labute approximate surface area is 100 Å². The molecule has 1 rings (SSSR count). The fourth-order valence-corrected chi connectivity index (χ4v) is 1.69. The summed E-state index contributed by atoms with van der Waals surface area (Å²) < 4.78 is 4.62. The molecule has 2 N–H and O–H groups in total. The first-order valence-corrected chi connectivity index (χ1v) is 5.60. The van der Waals surface area contributed by atoms with Crippen LogP contribution in [0.2, 0.25) is 0 Å². The van der Waals surface area contributed by atoms with Crippen molar-refractivity contribution in [3.63, 3.8) is 0 Å². The van der Waals surface area contributed by atoms with Gasteiger partial charge in [0.15, 0.2) is 0 Å². The van der Waals surface area contributed by atoms with E-state index in [1.165, 1.54) is 7.11 Å². The molecule has 0 aliphatic carbocycles. The van der Waals surface area contributed by atoms with Gasteiger partial charge in [0.25, 0.3) is 0 Å². The fourth-order valence-electron chi connectivity index (χ4n) is 1.69. The van der Waals surface area contributed by atoms with Gasteiger partial charge in [0.05, 0.1) is 13.0 Å². The van der Waals surface area contributed by atoms with Gasteiger partial charge in [0.2, 0.25) is 11.8 Å². The Hall–Kier alpha value is -1.59. The number of methoxy groups -OCH3 is 1. The van der Waals surface area contributed by atoms with Crippen molar-refractivity contribution in [3.05, 3.63) is 0 Å². The number of hydrogen-bond donors (Lipinski definition) is 2. The maximum absolute atomic E-state index is 11.8. The summed E-state index contributed by atoms with van der Waals surface area (Å²) in [5, 5.41) is 5.20. The van der Waals surface area contributed by atoms with E-state index in [2.05, 4.69) is 15.4 Å². The molecule has 1 aliphatic heterocycles. The molecule has 1 unspecified atom stereocenters. The molecule has 2 atom stereocenters. The highest BCUT2D eigenvalue weighted by Crippen LogP contribution is 2.11. The summed E-state index contributed by atoms with van der Waals surface area (Å²) in [5.41, 5.74) is 0. The van der Waals surface area contributed by atoms with Crippen LogP contribution >= 0.6 is 0 Å². The molecule has 0 saturated carbocycles. The van der Waals surface area contributed by atoms with Gasteiger partial charge >= 0.3 is 5.97 Å². The van der Waals surface area contributed by atoms with Crippen LogP contribution in [0, 0.1) is 11.8 Å². The van der Waals surface area contributed by atoms with E-state index in [9.17, 15) is 14.4 Å². The van der Waals surface area contributed by atoms with Crippen LogP contribution in [0.3, 0.4) is 0 Å². The van der Waals surface area contributed by atoms with Crippen LogP contribution in [-0.2, 0) is 19.1 Å². The predicted molar refractivity (Wildman–Crippen MR) is 59.9 cm³/mol. The van der Waals surface area contributed by atoms with Crippen LogP contribution in [0.25, 0.3) is 0 Å². The second-order valence-electron chi connectivity index (χ2n) is 4.46. The summed E-state index contributed by atoms with van der Waals surface area (Å²) in [7, 11) is 1.28. The lowest BCUT2D eigenvalue weighted by molar-refractivity contribution is -0.146.